The van der Waals surface area contributed by atoms with Gasteiger partial charge in [0.2, 0.25) is 5.91 Å². The number of anilines is 1. The van der Waals surface area contributed by atoms with Gasteiger partial charge in [-0.3, -0.25) is 14.6 Å². The number of carbonyl (C=O) groups excluding carboxylic acids is 2. The number of alkyl halides is 2. The fourth-order valence-corrected chi connectivity index (χ4v) is 5.67. The van der Waals surface area contributed by atoms with Gasteiger partial charge < -0.3 is 31.4 Å². The minimum Gasteiger partial charge on any atom is -0.495 e. The molecule has 6 rings (SSSR count). The molecule has 3 aliphatic rings. The number of aromatic nitrogens is 1. The summed E-state index contributed by atoms with van der Waals surface area (Å²) < 4.78 is 56.0. The second-order valence-corrected chi connectivity index (χ2v) is 12.6. The molecule has 1 aromatic heterocycles. The van der Waals surface area contributed by atoms with E-state index >= 15 is 4.39 Å². The quantitative estimate of drug-likeness (QED) is 0.144. The number of ether oxygens (including phenoxy) is 2. The molecule has 3 aromatic rings. The molecule has 1 aliphatic heterocycles. The van der Waals surface area contributed by atoms with Crippen molar-refractivity contribution in [3.05, 3.63) is 69.6 Å². The summed E-state index contributed by atoms with van der Waals surface area (Å²) in [4.78, 5) is 34.5. The van der Waals surface area contributed by atoms with Gasteiger partial charge in [-0.25, -0.2) is 18.2 Å². The van der Waals surface area contributed by atoms with Crippen LogP contribution < -0.4 is 26.3 Å². The summed E-state index contributed by atoms with van der Waals surface area (Å²) in [6.07, 6.45) is 1.67. The molecule has 14 heteroatoms. The highest BCUT2D eigenvalue weighted by Crippen LogP contribution is 2.55. The number of halogens is 4. The Morgan fingerprint density at radius 1 is 1.24 bits per heavy atom. The molecule has 2 atom stereocenters. The maximum absolute atomic E-state index is 16.2. The number of aliphatic hydroxyl groups is 1. The first-order valence-corrected chi connectivity index (χ1v) is 14.9. The monoisotopic (exact) mass is 657 g/mol. The van der Waals surface area contributed by atoms with Gasteiger partial charge >= 0.3 is 0 Å². The number of pyridine rings is 1. The predicted molar refractivity (Wildman–Crippen MR) is 164 cm³/mol. The first-order chi connectivity index (χ1) is 21.6. The Balaban J connectivity index is 1.41. The molecular formula is C32H31ClF3N5O5. The molecule has 0 radical (unpaired) electrons. The van der Waals surface area contributed by atoms with E-state index in [0.29, 0.717) is 0 Å². The number of nitrogens with one attached hydrogen (secondary N) is 1. The molecule has 0 bridgehead atoms. The van der Waals surface area contributed by atoms with Crippen LogP contribution in [-0.2, 0) is 15.8 Å². The zero-order chi connectivity index (χ0) is 33.2. The largest absolute Gasteiger partial charge is 0.495 e. The number of hydrogen-bond acceptors (Lipinski definition) is 8. The van der Waals surface area contributed by atoms with Gasteiger partial charge in [-0.05, 0) is 44.0 Å². The summed E-state index contributed by atoms with van der Waals surface area (Å²) in [7, 11) is 1.34. The van der Waals surface area contributed by atoms with Crippen LogP contribution in [0.15, 0.2) is 41.4 Å². The minimum absolute atomic E-state index is 0.0195. The minimum atomic E-state index is -2.43. The van der Waals surface area contributed by atoms with E-state index in [9.17, 15) is 23.5 Å². The molecule has 2 heterocycles. The second-order valence-electron chi connectivity index (χ2n) is 12.2. The Kier molecular flexibility index (Phi) is 7.47. The number of amides is 2. The number of rotatable bonds is 10. The number of hydrogen-bond donors (Lipinski definition) is 4. The average Bonchev–Trinajstić information content (AvgIpc) is 3.94. The Morgan fingerprint density at radius 2 is 1.96 bits per heavy atom. The third kappa shape index (κ3) is 5.20. The van der Waals surface area contributed by atoms with Crippen molar-refractivity contribution in [3.63, 3.8) is 0 Å². The van der Waals surface area contributed by atoms with Crippen molar-refractivity contribution in [2.75, 3.05) is 26.0 Å². The molecule has 242 valence electrons. The number of fused-ring (bicyclic) bond motifs is 1. The lowest BCUT2D eigenvalue weighted by Crippen LogP contribution is -2.49. The van der Waals surface area contributed by atoms with Crippen LogP contribution in [0.25, 0.3) is 11.3 Å². The number of carbonyl (C=O) groups is 2. The lowest BCUT2D eigenvalue weighted by molar-refractivity contribution is -0.123. The van der Waals surface area contributed by atoms with Gasteiger partial charge in [0.05, 0.1) is 30.1 Å². The van der Waals surface area contributed by atoms with Gasteiger partial charge in [-0.1, -0.05) is 23.7 Å². The van der Waals surface area contributed by atoms with Gasteiger partial charge in [0.25, 0.3) is 5.91 Å². The highest BCUT2D eigenvalue weighted by atomic mass is 35.5. The van der Waals surface area contributed by atoms with Crippen LogP contribution in [0.2, 0.25) is 5.02 Å². The van der Waals surface area contributed by atoms with Crippen molar-refractivity contribution < 1.29 is 37.3 Å². The van der Waals surface area contributed by atoms with Crippen LogP contribution in [0.3, 0.4) is 0 Å². The molecule has 46 heavy (non-hydrogen) atoms. The van der Waals surface area contributed by atoms with E-state index in [2.05, 4.69) is 15.3 Å². The van der Waals surface area contributed by atoms with Crippen LogP contribution in [0, 0.1) is 5.82 Å². The SMILES string of the molecule is COc1cc(C(=O)NC[C@](O)(c2cc3c(c(-c4cccc(F)c4Cl)n2)OC[C@]3(C)C(N)=O)C2(F)CC2)cc(/C=N/C2(F)CC2)c1N. The Morgan fingerprint density at radius 3 is 2.59 bits per heavy atom. The van der Waals surface area contributed by atoms with E-state index < -0.39 is 46.7 Å². The van der Waals surface area contributed by atoms with Crippen molar-refractivity contribution in [2.24, 2.45) is 10.7 Å². The Bertz CT molecular complexity index is 1820. The van der Waals surface area contributed by atoms with E-state index in [1.54, 1.807) is 0 Å². The van der Waals surface area contributed by atoms with Crippen molar-refractivity contribution >= 4 is 35.3 Å². The third-order valence-electron chi connectivity index (χ3n) is 8.94. The van der Waals surface area contributed by atoms with Gasteiger partial charge in [-0.15, -0.1) is 0 Å². The van der Waals surface area contributed by atoms with Crippen LogP contribution in [0.5, 0.6) is 11.5 Å². The fraction of sp³-hybridized carbons (Fsp3) is 0.375. The van der Waals surface area contributed by atoms with Gasteiger partial charge in [-0.2, -0.15) is 0 Å². The number of primary amides is 1. The van der Waals surface area contributed by atoms with Crippen molar-refractivity contribution in [1.29, 1.82) is 0 Å². The molecular weight excluding hydrogens is 627 g/mol. The number of nitrogen functional groups attached to an aromatic ring is 1. The maximum atomic E-state index is 16.2. The molecule has 2 saturated carbocycles. The topological polar surface area (TPSA) is 162 Å². The lowest BCUT2D eigenvalue weighted by Gasteiger charge is -2.33. The summed E-state index contributed by atoms with van der Waals surface area (Å²) in [5, 5.41) is 14.3. The highest BCUT2D eigenvalue weighted by Gasteiger charge is 2.62. The maximum Gasteiger partial charge on any atom is 0.251 e. The van der Waals surface area contributed by atoms with E-state index in [0.717, 1.165) is 6.07 Å². The molecule has 0 saturated heterocycles. The standard InChI is InChI=1S/C32H31ClF3N5O5/c1-29(28(38)43)15-46-26-19(29)12-22(41-25(26)18-4-3-5-20(34)23(18)33)32(44,30(35)6-7-30)14-39-27(42)16-10-17(13-40-31(36)8-9-31)24(37)21(11-16)45-2/h3-5,10-13,44H,6-9,14-15,37H2,1-2H3,(H2,38,43)(H,39,42)/b40-13+/t29-,32-/m0/s1. The number of benzene rings is 2. The molecule has 10 nitrogen and oxygen atoms in total. The van der Waals surface area contributed by atoms with E-state index in [-0.39, 0.29) is 88.1 Å². The van der Waals surface area contributed by atoms with Crippen LogP contribution >= 0.6 is 11.6 Å². The first kappa shape index (κ1) is 31.6. The van der Waals surface area contributed by atoms with Crippen molar-refractivity contribution in [2.45, 2.75) is 55.1 Å². The van der Waals surface area contributed by atoms with Crippen molar-refractivity contribution in [3.8, 4) is 22.8 Å². The zero-order valence-electron chi connectivity index (χ0n) is 24.9. The fourth-order valence-electron chi connectivity index (χ4n) is 5.45. The Hall–Kier alpha value is -4.36. The molecule has 6 N–H and O–H groups in total. The summed E-state index contributed by atoms with van der Waals surface area (Å²) >= 11 is 6.30. The molecule has 2 aromatic carbocycles. The van der Waals surface area contributed by atoms with Gasteiger partial charge in [0.1, 0.15) is 40.7 Å². The van der Waals surface area contributed by atoms with Crippen LogP contribution in [-0.4, -0.2) is 59.8 Å². The van der Waals surface area contributed by atoms with Gasteiger partial charge in [0.15, 0.2) is 11.4 Å². The second kappa shape index (κ2) is 10.9. The number of methoxy groups -OCH3 is 1. The molecule has 0 unspecified atom stereocenters. The summed E-state index contributed by atoms with van der Waals surface area (Å²) in [5.74, 6) is -3.71. The molecule has 0 spiro atoms. The third-order valence-corrected chi connectivity index (χ3v) is 9.32. The lowest BCUT2D eigenvalue weighted by atomic mass is 9.80. The predicted octanol–water partition coefficient (Wildman–Crippen LogP) is 4.27. The smallest absolute Gasteiger partial charge is 0.251 e. The van der Waals surface area contributed by atoms with Crippen LogP contribution in [0.4, 0.5) is 18.9 Å². The van der Waals surface area contributed by atoms with Crippen LogP contribution in [0.1, 0.15) is 59.8 Å². The summed E-state index contributed by atoms with van der Waals surface area (Å²) in [6.45, 7) is 0.670. The van der Waals surface area contributed by atoms with E-state index in [4.69, 9.17) is 32.5 Å². The molecule has 2 fully saturated rings. The van der Waals surface area contributed by atoms with E-state index in [1.807, 2.05) is 0 Å². The van der Waals surface area contributed by atoms with E-state index in [1.165, 1.54) is 50.6 Å². The molecule has 2 aliphatic carbocycles. The zero-order valence-corrected chi connectivity index (χ0v) is 25.7. The van der Waals surface area contributed by atoms with Gasteiger partial charge in [0, 0.05) is 41.3 Å². The number of aliphatic imine (C=N–C) groups is 1. The first-order valence-electron chi connectivity index (χ1n) is 14.5. The number of nitrogens with two attached hydrogens (primary N) is 2. The normalized spacial score (nSPS) is 21.6. The molecule has 2 amide bonds. The average molecular weight is 658 g/mol. The number of nitrogens with zero attached hydrogens (tertiary/aromatic N) is 2. The summed E-state index contributed by atoms with van der Waals surface area (Å²) in [5.41, 5.74) is 6.18. The highest BCUT2D eigenvalue weighted by molar-refractivity contribution is 6.33. The Labute approximate surface area is 266 Å². The summed E-state index contributed by atoms with van der Waals surface area (Å²) in [6, 6.07) is 8.04. The van der Waals surface area contributed by atoms with Crippen molar-refractivity contribution in [1.82, 2.24) is 10.3 Å².